The smallest absolute Gasteiger partial charge is 0.295 e. The fourth-order valence-electron chi connectivity index (χ4n) is 3.07. The highest BCUT2D eigenvalue weighted by atomic mass is 35.5. The fourth-order valence-corrected chi connectivity index (χ4v) is 3.84. The molecule has 174 valence electrons. The van der Waals surface area contributed by atoms with E-state index in [-0.39, 0.29) is 34.6 Å². The normalized spacial score (nSPS) is 10.6. The Hall–Kier alpha value is -3.17. The second-order valence-corrected chi connectivity index (χ2v) is 8.55. The molecule has 0 aliphatic carbocycles. The van der Waals surface area contributed by atoms with E-state index in [0.29, 0.717) is 35.3 Å². The number of amides is 2. The van der Waals surface area contributed by atoms with Crippen LogP contribution >= 0.6 is 23.4 Å². The van der Waals surface area contributed by atoms with E-state index in [4.69, 9.17) is 16.3 Å². The fraction of sp³-hybridized carbons (Fsp3) is 0.261. The van der Waals surface area contributed by atoms with E-state index in [1.54, 1.807) is 42.9 Å². The van der Waals surface area contributed by atoms with Crippen LogP contribution in [0, 0.1) is 6.92 Å². The molecule has 3 aromatic rings. The third-order valence-electron chi connectivity index (χ3n) is 4.79. The predicted octanol–water partition coefficient (Wildman–Crippen LogP) is 3.00. The SMILES string of the molecule is Cc1c(NC(=O)CSCC(=O)NCCOc2ccc(Cl)cc2)c(=O)n(-c2ccccc2)n1C. The molecule has 0 fully saturated rings. The van der Waals surface area contributed by atoms with Gasteiger partial charge in [0, 0.05) is 12.1 Å². The summed E-state index contributed by atoms with van der Waals surface area (Å²) in [5, 5.41) is 6.04. The van der Waals surface area contributed by atoms with Crippen LogP contribution in [0.25, 0.3) is 5.69 Å². The highest BCUT2D eigenvalue weighted by molar-refractivity contribution is 8.00. The van der Waals surface area contributed by atoms with Gasteiger partial charge in [0.05, 0.1) is 29.4 Å². The summed E-state index contributed by atoms with van der Waals surface area (Å²) in [6, 6.07) is 16.1. The zero-order chi connectivity index (χ0) is 23.8. The van der Waals surface area contributed by atoms with Crippen molar-refractivity contribution in [3.05, 3.63) is 75.7 Å². The number of anilines is 1. The topological polar surface area (TPSA) is 94.4 Å². The molecule has 1 aromatic heterocycles. The van der Waals surface area contributed by atoms with Gasteiger partial charge in [0.15, 0.2) is 0 Å². The summed E-state index contributed by atoms with van der Waals surface area (Å²) in [6.45, 7) is 2.43. The molecular formula is C23H25ClN4O4S. The maximum Gasteiger partial charge on any atom is 0.295 e. The first-order valence-corrected chi connectivity index (χ1v) is 11.8. The van der Waals surface area contributed by atoms with Crippen LogP contribution in [-0.4, -0.2) is 45.8 Å². The highest BCUT2D eigenvalue weighted by Gasteiger charge is 2.18. The number of ether oxygens (including phenoxy) is 1. The Morgan fingerprint density at radius 3 is 2.39 bits per heavy atom. The van der Waals surface area contributed by atoms with E-state index < -0.39 is 0 Å². The van der Waals surface area contributed by atoms with Gasteiger partial charge < -0.3 is 15.4 Å². The Morgan fingerprint density at radius 2 is 1.70 bits per heavy atom. The number of aromatic nitrogens is 2. The van der Waals surface area contributed by atoms with E-state index in [1.165, 1.54) is 16.4 Å². The molecule has 2 amide bonds. The van der Waals surface area contributed by atoms with E-state index in [9.17, 15) is 14.4 Å². The molecular weight excluding hydrogens is 464 g/mol. The molecule has 0 aliphatic heterocycles. The van der Waals surface area contributed by atoms with Gasteiger partial charge in [-0.3, -0.25) is 19.1 Å². The van der Waals surface area contributed by atoms with Crippen LogP contribution in [-0.2, 0) is 16.6 Å². The Morgan fingerprint density at radius 1 is 1.03 bits per heavy atom. The van der Waals surface area contributed by atoms with Gasteiger partial charge in [-0.05, 0) is 43.3 Å². The van der Waals surface area contributed by atoms with Crippen molar-refractivity contribution >= 4 is 40.9 Å². The maximum atomic E-state index is 12.8. The molecule has 0 atom stereocenters. The van der Waals surface area contributed by atoms with Gasteiger partial charge in [-0.25, -0.2) is 4.68 Å². The molecule has 0 unspecified atom stereocenters. The lowest BCUT2D eigenvalue weighted by atomic mass is 10.3. The number of halogens is 1. The van der Waals surface area contributed by atoms with Gasteiger partial charge in [-0.2, -0.15) is 0 Å². The summed E-state index contributed by atoms with van der Waals surface area (Å²) in [5.74, 6) is 0.298. The molecule has 0 saturated heterocycles. The Bertz CT molecular complexity index is 1160. The molecule has 3 rings (SSSR count). The second-order valence-electron chi connectivity index (χ2n) is 7.13. The van der Waals surface area contributed by atoms with Crippen molar-refractivity contribution in [2.24, 2.45) is 7.05 Å². The summed E-state index contributed by atoms with van der Waals surface area (Å²) in [6.07, 6.45) is 0. The van der Waals surface area contributed by atoms with Crippen LogP contribution in [0.5, 0.6) is 5.75 Å². The summed E-state index contributed by atoms with van der Waals surface area (Å²) >= 11 is 6.99. The van der Waals surface area contributed by atoms with Gasteiger partial charge in [0.1, 0.15) is 18.0 Å². The lowest BCUT2D eigenvalue weighted by Gasteiger charge is -2.08. The van der Waals surface area contributed by atoms with Gasteiger partial charge >= 0.3 is 0 Å². The maximum absolute atomic E-state index is 12.8. The lowest BCUT2D eigenvalue weighted by Crippen LogP contribution is -2.30. The van der Waals surface area contributed by atoms with Crippen molar-refractivity contribution in [3.8, 4) is 11.4 Å². The van der Waals surface area contributed by atoms with Gasteiger partial charge in [0.25, 0.3) is 5.56 Å². The molecule has 33 heavy (non-hydrogen) atoms. The van der Waals surface area contributed by atoms with E-state index >= 15 is 0 Å². The number of thioether (sulfide) groups is 1. The molecule has 0 saturated carbocycles. The largest absolute Gasteiger partial charge is 0.492 e. The summed E-state index contributed by atoms with van der Waals surface area (Å²) in [4.78, 5) is 37.1. The second kappa shape index (κ2) is 11.6. The number of carbonyl (C=O) groups is 2. The van der Waals surface area contributed by atoms with Gasteiger partial charge in [0.2, 0.25) is 11.8 Å². The first-order chi connectivity index (χ1) is 15.9. The summed E-state index contributed by atoms with van der Waals surface area (Å²) < 4.78 is 8.70. The van der Waals surface area contributed by atoms with Crippen LogP contribution in [0.15, 0.2) is 59.4 Å². The van der Waals surface area contributed by atoms with E-state index in [2.05, 4.69) is 10.6 Å². The van der Waals surface area contributed by atoms with Crippen molar-refractivity contribution in [1.82, 2.24) is 14.7 Å². The lowest BCUT2D eigenvalue weighted by molar-refractivity contribution is -0.118. The van der Waals surface area contributed by atoms with Crippen LogP contribution in [0.1, 0.15) is 5.69 Å². The van der Waals surface area contributed by atoms with Gasteiger partial charge in [-0.1, -0.05) is 29.8 Å². The molecule has 0 aliphatic rings. The molecule has 0 radical (unpaired) electrons. The molecule has 0 bridgehead atoms. The summed E-state index contributed by atoms with van der Waals surface area (Å²) in [5.41, 5.74) is 1.27. The minimum absolute atomic E-state index is 0.0494. The standard InChI is InChI=1S/C23H25ClN4O4S/c1-16-22(23(31)28(27(16)2)18-6-4-3-5-7-18)26-21(30)15-33-14-20(29)25-12-13-32-19-10-8-17(24)9-11-19/h3-11H,12-15H2,1-2H3,(H,25,29)(H,26,30). The van der Waals surface area contributed by atoms with Crippen molar-refractivity contribution in [3.63, 3.8) is 0 Å². The molecule has 1 heterocycles. The van der Waals surface area contributed by atoms with E-state index in [1.807, 2.05) is 30.3 Å². The minimum Gasteiger partial charge on any atom is -0.492 e. The zero-order valence-electron chi connectivity index (χ0n) is 18.3. The van der Waals surface area contributed by atoms with Crippen LogP contribution in [0.4, 0.5) is 5.69 Å². The quantitative estimate of drug-likeness (QED) is 0.428. The molecule has 8 nitrogen and oxygen atoms in total. The third-order valence-corrected chi connectivity index (χ3v) is 5.98. The van der Waals surface area contributed by atoms with Crippen LogP contribution in [0.3, 0.4) is 0 Å². The number of carbonyl (C=O) groups excluding carboxylic acids is 2. The van der Waals surface area contributed by atoms with Gasteiger partial charge in [-0.15, -0.1) is 11.8 Å². The first kappa shape index (κ1) is 24.5. The third kappa shape index (κ3) is 6.66. The van der Waals surface area contributed by atoms with Crippen molar-refractivity contribution in [1.29, 1.82) is 0 Å². The van der Waals surface area contributed by atoms with Crippen LogP contribution < -0.4 is 20.9 Å². The number of hydrogen-bond donors (Lipinski definition) is 2. The first-order valence-electron chi connectivity index (χ1n) is 10.2. The molecule has 0 spiro atoms. The highest BCUT2D eigenvalue weighted by Crippen LogP contribution is 2.16. The number of benzene rings is 2. The van der Waals surface area contributed by atoms with Crippen molar-refractivity contribution < 1.29 is 14.3 Å². The van der Waals surface area contributed by atoms with Crippen molar-refractivity contribution in [2.45, 2.75) is 6.92 Å². The number of rotatable bonds is 10. The number of nitrogens with zero attached hydrogens (tertiary/aromatic N) is 2. The monoisotopic (exact) mass is 488 g/mol. The van der Waals surface area contributed by atoms with Crippen LogP contribution in [0.2, 0.25) is 5.02 Å². The average Bonchev–Trinajstić information content (AvgIpc) is 3.01. The molecule has 2 aromatic carbocycles. The van der Waals surface area contributed by atoms with Crippen molar-refractivity contribution in [2.75, 3.05) is 30.0 Å². The molecule has 10 heteroatoms. The zero-order valence-corrected chi connectivity index (χ0v) is 19.9. The Labute approximate surface area is 200 Å². The average molecular weight is 489 g/mol. The molecule has 2 N–H and O–H groups in total. The minimum atomic E-state index is -0.343. The number of nitrogens with one attached hydrogen (secondary N) is 2. The number of hydrogen-bond acceptors (Lipinski definition) is 5. The number of para-hydroxylation sites is 1. The summed E-state index contributed by atoms with van der Waals surface area (Å²) in [7, 11) is 1.76. The Balaban J connectivity index is 1.42. The Kier molecular flexibility index (Phi) is 8.62. The predicted molar refractivity (Wildman–Crippen MR) is 132 cm³/mol. The van der Waals surface area contributed by atoms with E-state index in [0.717, 1.165) is 0 Å².